The van der Waals surface area contributed by atoms with Crippen LogP contribution in [0, 0.1) is 19.8 Å². The summed E-state index contributed by atoms with van der Waals surface area (Å²) in [6.45, 7) is 4.70. The highest BCUT2D eigenvalue weighted by molar-refractivity contribution is 5.94. The van der Waals surface area contributed by atoms with E-state index in [-0.39, 0.29) is 29.9 Å². The molecule has 0 aromatic carbocycles. The Morgan fingerprint density at radius 3 is 2.76 bits per heavy atom. The van der Waals surface area contributed by atoms with Gasteiger partial charge in [0.05, 0.1) is 18.1 Å². The number of likely N-dealkylation sites (tertiary alicyclic amines) is 1. The number of aromatic nitrogens is 2. The van der Waals surface area contributed by atoms with E-state index < -0.39 is 0 Å². The predicted molar refractivity (Wildman–Crippen MR) is 90.0 cm³/mol. The van der Waals surface area contributed by atoms with E-state index in [4.69, 9.17) is 4.74 Å². The highest BCUT2D eigenvalue weighted by Gasteiger charge is 2.46. The third kappa shape index (κ3) is 3.01. The Hall–Kier alpha value is -2.02. The minimum Gasteiger partial charge on any atom is -0.370 e. The molecular weight excluding hydrogens is 320 g/mol. The lowest BCUT2D eigenvalue weighted by molar-refractivity contribution is -0.129. The van der Waals surface area contributed by atoms with Crippen LogP contribution in [0.4, 0.5) is 0 Å². The molecule has 1 N–H and O–H groups in total. The number of aryl methyl sites for hydroxylation is 1. The normalized spacial score (nSPS) is 28.6. The lowest BCUT2D eigenvalue weighted by Crippen LogP contribution is -2.49. The summed E-state index contributed by atoms with van der Waals surface area (Å²) in [5.74, 6) is -0.168. The van der Waals surface area contributed by atoms with Crippen molar-refractivity contribution in [1.82, 2.24) is 20.2 Å². The maximum atomic E-state index is 12.9. The van der Waals surface area contributed by atoms with E-state index in [0.717, 1.165) is 24.1 Å². The summed E-state index contributed by atoms with van der Waals surface area (Å²) in [5, 5.41) is 3.12. The van der Waals surface area contributed by atoms with Crippen LogP contribution >= 0.6 is 0 Å². The van der Waals surface area contributed by atoms with Gasteiger partial charge in [-0.25, -0.2) is 9.97 Å². The van der Waals surface area contributed by atoms with Crippen molar-refractivity contribution >= 4 is 11.8 Å². The van der Waals surface area contributed by atoms with Crippen molar-refractivity contribution in [3.05, 3.63) is 23.3 Å². The molecule has 1 aromatic rings. The number of hydrogen-bond acceptors (Lipinski definition) is 5. The largest absolute Gasteiger partial charge is 0.370 e. The van der Waals surface area contributed by atoms with Gasteiger partial charge in [0.1, 0.15) is 12.0 Å². The molecule has 3 fully saturated rings. The number of hydrogen-bond donors (Lipinski definition) is 1. The van der Waals surface area contributed by atoms with Crippen LogP contribution in [0.25, 0.3) is 0 Å². The van der Waals surface area contributed by atoms with E-state index >= 15 is 0 Å². The molecule has 3 aliphatic rings. The SMILES string of the molecule is Cc1ncnc(C(=O)N2CC3CC(C(=O)NC4CCC4)C(C2)O3)c1C. The molecule has 3 atom stereocenters. The van der Waals surface area contributed by atoms with Gasteiger partial charge in [-0.15, -0.1) is 0 Å². The summed E-state index contributed by atoms with van der Waals surface area (Å²) in [5.41, 5.74) is 2.07. The number of carbonyl (C=O) groups is 2. The molecule has 25 heavy (non-hydrogen) atoms. The smallest absolute Gasteiger partial charge is 0.273 e. The molecule has 7 nitrogen and oxygen atoms in total. The zero-order valence-corrected chi connectivity index (χ0v) is 14.7. The highest BCUT2D eigenvalue weighted by Crippen LogP contribution is 2.33. The number of ether oxygens (including phenoxy) is 1. The Bertz CT molecular complexity index is 704. The quantitative estimate of drug-likeness (QED) is 0.884. The lowest BCUT2D eigenvalue weighted by Gasteiger charge is -2.33. The Kier molecular flexibility index (Phi) is 4.19. The summed E-state index contributed by atoms with van der Waals surface area (Å²) < 4.78 is 5.95. The summed E-state index contributed by atoms with van der Waals surface area (Å²) in [4.78, 5) is 35.5. The van der Waals surface area contributed by atoms with Crippen LogP contribution in [0.1, 0.15) is 47.4 Å². The van der Waals surface area contributed by atoms with Gasteiger partial charge in [0, 0.05) is 30.4 Å². The minimum atomic E-state index is -0.217. The fourth-order valence-corrected chi connectivity index (χ4v) is 3.86. The summed E-state index contributed by atoms with van der Waals surface area (Å²) in [6, 6.07) is 0.331. The van der Waals surface area contributed by atoms with Crippen LogP contribution in [0.15, 0.2) is 6.33 Å². The Balaban J connectivity index is 1.45. The topological polar surface area (TPSA) is 84.4 Å². The monoisotopic (exact) mass is 344 g/mol. The summed E-state index contributed by atoms with van der Waals surface area (Å²) >= 11 is 0. The molecule has 3 heterocycles. The highest BCUT2D eigenvalue weighted by atomic mass is 16.5. The molecule has 7 heteroatoms. The third-order valence-corrected chi connectivity index (χ3v) is 5.77. The molecule has 1 aliphatic carbocycles. The average molecular weight is 344 g/mol. The van der Waals surface area contributed by atoms with Crippen LogP contribution in [-0.2, 0) is 9.53 Å². The first-order valence-corrected chi connectivity index (χ1v) is 9.06. The molecule has 4 rings (SSSR count). The van der Waals surface area contributed by atoms with E-state index in [0.29, 0.717) is 31.2 Å². The fraction of sp³-hybridized carbons (Fsp3) is 0.667. The second-order valence-corrected chi connectivity index (χ2v) is 7.42. The van der Waals surface area contributed by atoms with Crippen molar-refractivity contribution in [2.75, 3.05) is 13.1 Å². The van der Waals surface area contributed by atoms with E-state index in [2.05, 4.69) is 15.3 Å². The number of nitrogens with one attached hydrogen (secondary N) is 1. The average Bonchev–Trinajstić information content (AvgIpc) is 2.87. The molecule has 3 unspecified atom stereocenters. The number of morpholine rings is 1. The van der Waals surface area contributed by atoms with Crippen molar-refractivity contribution in [2.24, 2.45) is 5.92 Å². The number of rotatable bonds is 3. The van der Waals surface area contributed by atoms with Gasteiger partial charge in [-0.1, -0.05) is 0 Å². The molecule has 1 saturated carbocycles. The molecular formula is C18H24N4O3. The van der Waals surface area contributed by atoms with Crippen LogP contribution in [0.2, 0.25) is 0 Å². The van der Waals surface area contributed by atoms with Crippen molar-refractivity contribution in [2.45, 2.75) is 57.8 Å². The molecule has 0 spiro atoms. The lowest BCUT2D eigenvalue weighted by atomic mass is 9.91. The molecule has 0 radical (unpaired) electrons. The number of amides is 2. The number of carbonyl (C=O) groups excluding carboxylic acids is 2. The van der Waals surface area contributed by atoms with Crippen LogP contribution in [0.3, 0.4) is 0 Å². The first kappa shape index (κ1) is 16.4. The van der Waals surface area contributed by atoms with Gasteiger partial charge in [0.15, 0.2) is 0 Å². The molecule has 1 aromatic heterocycles. The van der Waals surface area contributed by atoms with E-state index in [1.807, 2.05) is 13.8 Å². The van der Waals surface area contributed by atoms with E-state index in [1.165, 1.54) is 12.7 Å². The van der Waals surface area contributed by atoms with Crippen LogP contribution in [0.5, 0.6) is 0 Å². The van der Waals surface area contributed by atoms with Gasteiger partial charge in [0.25, 0.3) is 5.91 Å². The first-order valence-electron chi connectivity index (χ1n) is 9.06. The van der Waals surface area contributed by atoms with Gasteiger partial charge in [-0.2, -0.15) is 0 Å². The van der Waals surface area contributed by atoms with Gasteiger partial charge in [-0.05, 0) is 39.5 Å². The maximum absolute atomic E-state index is 12.9. The molecule has 2 aliphatic heterocycles. The molecule has 2 saturated heterocycles. The summed E-state index contributed by atoms with van der Waals surface area (Å²) in [7, 11) is 0. The summed E-state index contributed by atoms with van der Waals surface area (Å²) in [6.07, 6.45) is 5.18. The van der Waals surface area contributed by atoms with Crippen molar-refractivity contribution in [3.63, 3.8) is 0 Å². The van der Waals surface area contributed by atoms with Crippen LogP contribution < -0.4 is 5.32 Å². The van der Waals surface area contributed by atoms with E-state index in [1.54, 1.807) is 4.90 Å². The van der Waals surface area contributed by atoms with Gasteiger partial charge in [0.2, 0.25) is 5.91 Å². The predicted octanol–water partition coefficient (Wildman–Crippen LogP) is 0.992. The van der Waals surface area contributed by atoms with Crippen LogP contribution in [-0.4, -0.2) is 58.0 Å². The Morgan fingerprint density at radius 1 is 1.24 bits per heavy atom. The van der Waals surface area contributed by atoms with Gasteiger partial charge in [-0.3, -0.25) is 9.59 Å². The number of nitrogens with zero attached hydrogens (tertiary/aromatic N) is 3. The molecule has 134 valence electrons. The molecule has 2 amide bonds. The second-order valence-electron chi connectivity index (χ2n) is 7.42. The van der Waals surface area contributed by atoms with Crippen molar-refractivity contribution in [3.8, 4) is 0 Å². The van der Waals surface area contributed by atoms with E-state index in [9.17, 15) is 9.59 Å². The van der Waals surface area contributed by atoms with Gasteiger partial charge < -0.3 is 15.0 Å². The Labute approximate surface area is 147 Å². The minimum absolute atomic E-state index is 0.0666. The third-order valence-electron chi connectivity index (χ3n) is 5.77. The zero-order valence-electron chi connectivity index (χ0n) is 14.7. The van der Waals surface area contributed by atoms with Crippen molar-refractivity contribution < 1.29 is 14.3 Å². The maximum Gasteiger partial charge on any atom is 0.273 e. The second kappa shape index (κ2) is 6.37. The fourth-order valence-electron chi connectivity index (χ4n) is 3.86. The number of fused-ring (bicyclic) bond motifs is 2. The van der Waals surface area contributed by atoms with Crippen molar-refractivity contribution in [1.29, 1.82) is 0 Å². The zero-order chi connectivity index (χ0) is 17.6. The Morgan fingerprint density at radius 2 is 2.04 bits per heavy atom. The van der Waals surface area contributed by atoms with Gasteiger partial charge >= 0.3 is 0 Å². The first-order chi connectivity index (χ1) is 12.0. The molecule has 2 bridgehead atoms. The standard InChI is InChI=1S/C18H24N4O3/c1-10-11(2)19-9-20-16(10)18(24)22-7-13-6-14(15(8-22)25-13)17(23)21-12-4-3-5-12/h9,12-15H,3-8H2,1-2H3,(H,21,23).